The molecule has 3 N–H and O–H groups in total. The number of aliphatic hydroxyl groups is 1. The fourth-order valence-electron chi connectivity index (χ4n) is 1.11. The Morgan fingerprint density at radius 2 is 2.06 bits per heavy atom. The van der Waals surface area contributed by atoms with Gasteiger partial charge < -0.3 is 20.1 Å². The van der Waals surface area contributed by atoms with Crippen LogP contribution < -0.4 is 4.74 Å². The molecule has 0 saturated heterocycles. The van der Waals surface area contributed by atoms with Crippen molar-refractivity contribution in [1.82, 2.24) is 0 Å². The highest BCUT2D eigenvalue weighted by molar-refractivity contribution is 5.76. The Hall–Kier alpha value is -1.75. The van der Waals surface area contributed by atoms with Crippen LogP contribution in [0, 0.1) is 0 Å². The average molecular weight is 226 g/mol. The summed E-state index contributed by atoms with van der Waals surface area (Å²) in [5.74, 6) is -0.873. The highest BCUT2D eigenvalue weighted by Gasteiger charge is 2.30. The minimum Gasteiger partial charge on any atom is -0.508 e. The zero-order valence-corrected chi connectivity index (χ0v) is 9.10. The van der Waals surface area contributed by atoms with Crippen molar-refractivity contribution in [2.24, 2.45) is 0 Å². The van der Waals surface area contributed by atoms with Gasteiger partial charge in [-0.2, -0.15) is 0 Å². The average Bonchev–Trinajstić information content (AvgIpc) is 2.20. The van der Waals surface area contributed by atoms with Crippen LogP contribution in [0.15, 0.2) is 18.2 Å². The summed E-state index contributed by atoms with van der Waals surface area (Å²) >= 11 is 0. The van der Waals surface area contributed by atoms with E-state index in [2.05, 4.69) is 0 Å². The SMILES string of the molecule is CC(C)(Oc1ccc(O)cc1CO)C(=O)O. The van der Waals surface area contributed by atoms with E-state index in [0.29, 0.717) is 5.56 Å². The third kappa shape index (κ3) is 2.64. The highest BCUT2D eigenvalue weighted by Crippen LogP contribution is 2.27. The number of carbonyl (C=O) groups is 1. The molecule has 0 aliphatic rings. The van der Waals surface area contributed by atoms with Gasteiger partial charge in [-0.1, -0.05) is 0 Å². The van der Waals surface area contributed by atoms with Crippen molar-refractivity contribution in [2.75, 3.05) is 0 Å². The van der Waals surface area contributed by atoms with E-state index < -0.39 is 11.6 Å². The lowest BCUT2D eigenvalue weighted by atomic mass is 10.1. The summed E-state index contributed by atoms with van der Waals surface area (Å²) in [6.07, 6.45) is 0. The molecule has 0 aliphatic carbocycles. The van der Waals surface area contributed by atoms with Crippen molar-refractivity contribution in [3.63, 3.8) is 0 Å². The van der Waals surface area contributed by atoms with E-state index in [1.54, 1.807) is 0 Å². The number of aliphatic hydroxyl groups excluding tert-OH is 1. The van der Waals surface area contributed by atoms with E-state index in [4.69, 9.17) is 14.9 Å². The molecule has 0 spiro atoms. The summed E-state index contributed by atoms with van der Waals surface area (Å²) in [6, 6.07) is 4.12. The van der Waals surface area contributed by atoms with Crippen molar-refractivity contribution in [3.8, 4) is 11.5 Å². The van der Waals surface area contributed by atoms with Crippen LogP contribution in [0.1, 0.15) is 19.4 Å². The van der Waals surface area contributed by atoms with Gasteiger partial charge in [0.05, 0.1) is 6.61 Å². The maximum absolute atomic E-state index is 10.9. The molecule has 0 atom stereocenters. The van der Waals surface area contributed by atoms with Crippen LogP contribution in [-0.4, -0.2) is 26.9 Å². The molecule has 0 aromatic heterocycles. The molecule has 5 nitrogen and oxygen atoms in total. The first-order chi connectivity index (χ1) is 7.36. The molecule has 16 heavy (non-hydrogen) atoms. The van der Waals surface area contributed by atoms with Crippen molar-refractivity contribution in [2.45, 2.75) is 26.1 Å². The van der Waals surface area contributed by atoms with Gasteiger partial charge in [0.1, 0.15) is 11.5 Å². The number of ether oxygens (including phenoxy) is 1. The largest absolute Gasteiger partial charge is 0.508 e. The quantitative estimate of drug-likeness (QED) is 0.716. The lowest BCUT2D eigenvalue weighted by Crippen LogP contribution is -2.38. The van der Waals surface area contributed by atoms with E-state index in [1.807, 2.05) is 0 Å². The first-order valence-electron chi connectivity index (χ1n) is 4.72. The van der Waals surface area contributed by atoms with Gasteiger partial charge in [-0.05, 0) is 32.0 Å². The molecule has 88 valence electrons. The molecule has 0 saturated carbocycles. The molecule has 1 aromatic rings. The fraction of sp³-hybridized carbons (Fsp3) is 0.364. The van der Waals surface area contributed by atoms with Gasteiger partial charge in [0.2, 0.25) is 0 Å². The van der Waals surface area contributed by atoms with Crippen LogP contribution in [0.5, 0.6) is 11.5 Å². The maximum atomic E-state index is 10.9. The minimum atomic E-state index is -1.39. The number of aliphatic carboxylic acids is 1. The number of aromatic hydroxyl groups is 1. The Morgan fingerprint density at radius 3 is 2.56 bits per heavy atom. The summed E-state index contributed by atoms with van der Waals surface area (Å²) in [6.45, 7) is 2.48. The second-order valence-corrected chi connectivity index (χ2v) is 3.87. The van der Waals surface area contributed by atoms with Crippen molar-refractivity contribution in [3.05, 3.63) is 23.8 Å². The van der Waals surface area contributed by atoms with Gasteiger partial charge in [0.25, 0.3) is 0 Å². The van der Waals surface area contributed by atoms with E-state index >= 15 is 0 Å². The summed E-state index contributed by atoms with van der Waals surface area (Å²) in [5, 5.41) is 27.1. The topological polar surface area (TPSA) is 87.0 Å². The molecule has 5 heteroatoms. The third-order valence-corrected chi connectivity index (χ3v) is 2.09. The van der Waals surface area contributed by atoms with Crippen molar-refractivity contribution < 1.29 is 24.9 Å². The molecule has 1 rings (SSSR count). The van der Waals surface area contributed by atoms with Crippen LogP contribution in [0.2, 0.25) is 0 Å². The predicted molar refractivity (Wildman–Crippen MR) is 56.4 cm³/mol. The Bertz CT molecular complexity index is 397. The number of phenols is 1. The zero-order valence-electron chi connectivity index (χ0n) is 9.10. The first kappa shape index (κ1) is 12.3. The summed E-state index contributed by atoms with van der Waals surface area (Å²) in [4.78, 5) is 10.9. The monoisotopic (exact) mass is 226 g/mol. The number of carboxylic acids is 1. The number of phenolic OH excluding ortho intramolecular Hbond substituents is 1. The fourth-order valence-corrected chi connectivity index (χ4v) is 1.11. The van der Waals surface area contributed by atoms with Crippen LogP contribution in [0.3, 0.4) is 0 Å². The lowest BCUT2D eigenvalue weighted by Gasteiger charge is -2.23. The molecule has 0 unspecified atom stereocenters. The number of carboxylic acid groups (broad SMARTS) is 1. The summed E-state index contributed by atoms with van der Waals surface area (Å²) in [5.41, 5.74) is -1.05. The Kier molecular flexibility index (Phi) is 3.39. The van der Waals surface area contributed by atoms with Crippen LogP contribution in [0.4, 0.5) is 0 Å². The molecular weight excluding hydrogens is 212 g/mol. The standard InChI is InChI=1S/C11H14O5/c1-11(2,10(14)15)16-9-4-3-8(13)5-7(9)6-12/h3-5,12-13H,6H2,1-2H3,(H,14,15). The smallest absolute Gasteiger partial charge is 0.347 e. The molecular formula is C11H14O5. The minimum absolute atomic E-state index is 0.00969. The molecule has 0 amide bonds. The van der Waals surface area contributed by atoms with Gasteiger partial charge in [0.15, 0.2) is 5.60 Å². The summed E-state index contributed by atoms with van der Waals surface area (Å²) in [7, 11) is 0. The predicted octanol–water partition coefficient (Wildman–Crippen LogP) is 1.13. The summed E-state index contributed by atoms with van der Waals surface area (Å²) < 4.78 is 5.27. The first-order valence-corrected chi connectivity index (χ1v) is 4.72. The van der Waals surface area contributed by atoms with E-state index in [-0.39, 0.29) is 18.1 Å². The molecule has 0 heterocycles. The second-order valence-electron chi connectivity index (χ2n) is 3.87. The second kappa shape index (κ2) is 4.40. The zero-order chi connectivity index (χ0) is 12.3. The molecule has 0 radical (unpaired) electrons. The van der Waals surface area contributed by atoms with Gasteiger partial charge in [-0.15, -0.1) is 0 Å². The Labute approximate surface area is 92.9 Å². The van der Waals surface area contributed by atoms with Gasteiger partial charge in [-0.3, -0.25) is 0 Å². The van der Waals surface area contributed by atoms with E-state index in [0.717, 1.165) is 0 Å². The third-order valence-electron chi connectivity index (χ3n) is 2.09. The van der Waals surface area contributed by atoms with Crippen LogP contribution in [0.25, 0.3) is 0 Å². The van der Waals surface area contributed by atoms with E-state index in [1.165, 1.54) is 32.0 Å². The van der Waals surface area contributed by atoms with Gasteiger partial charge >= 0.3 is 5.97 Å². The van der Waals surface area contributed by atoms with Gasteiger partial charge in [0, 0.05) is 5.56 Å². The normalized spacial score (nSPS) is 11.2. The van der Waals surface area contributed by atoms with Crippen LogP contribution >= 0.6 is 0 Å². The maximum Gasteiger partial charge on any atom is 0.347 e. The number of rotatable bonds is 4. The van der Waals surface area contributed by atoms with Crippen molar-refractivity contribution >= 4 is 5.97 Å². The highest BCUT2D eigenvalue weighted by atomic mass is 16.5. The number of benzene rings is 1. The molecule has 1 aromatic carbocycles. The Morgan fingerprint density at radius 1 is 1.44 bits per heavy atom. The lowest BCUT2D eigenvalue weighted by molar-refractivity contribution is -0.152. The molecule has 0 aliphatic heterocycles. The molecule has 0 fully saturated rings. The van der Waals surface area contributed by atoms with E-state index in [9.17, 15) is 9.90 Å². The van der Waals surface area contributed by atoms with Crippen LogP contribution in [-0.2, 0) is 11.4 Å². The number of hydrogen-bond acceptors (Lipinski definition) is 4. The van der Waals surface area contributed by atoms with Gasteiger partial charge in [-0.25, -0.2) is 4.79 Å². The molecule has 0 bridgehead atoms. The number of hydrogen-bond donors (Lipinski definition) is 3. The van der Waals surface area contributed by atoms with Crippen molar-refractivity contribution in [1.29, 1.82) is 0 Å². The Balaban J connectivity index is 3.01.